The van der Waals surface area contributed by atoms with Gasteiger partial charge >= 0.3 is 273 Å². The third kappa shape index (κ3) is 37.0. The number of rotatable bonds is 2. The molecular weight excluding hydrogens is 369 g/mol. The summed E-state index contributed by atoms with van der Waals surface area (Å²) in [7, 11) is -10.1. The first-order valence-electron chi connectivity index (χ1n) is 1.53. The molecule has 0 saturated carbocycles. The molecule has 7 nitrogen and oxygen atoms in total. The Morgan fingerprint density at radius 2 is 0.857 bits per heavy atom. The Bertz CT molecular complexity index is 176. The number of hydrogen-bond donors (Lipinski definition) is 4. The molecule has 0 spiro atoms. The summed E-state index contributed by atoms with van der Waals surface area (Å²) in [4.78, 5) is 31.0. The largest absolute Gasteiger partial charge is 1.00 e. The Kier molecular flexibility index (Phi) is 53.1. The maximum absolute atomic E-state index is 9.63. The summed E-state index contributed by atoms with van der Waals surface area (Å²) in [6.07, 6.45) is 0. The van der Waals surface area contributed by atoms with E-state index in [-0.39, 0.29) is 264 Å². The summed E-state index contributed by atoms with van der Waals surface area (Å²) >= 11 is 0. The molecule has 0 radical (unpaired) electrons. The summed E-state index contributed by atoms with van der Waals surface area (Å²) in [6.45, 7) is 0. The Morgan fingerprint density at radius 3 is 0.857 bits per heavy atom. The van der Waals surface area contributed by atoms with Crippen LogP contribution in [-0.2, 0) is 13.4 Å². The molecule has 66 valence electrons. The van der Waals surface area contributed by atoms with Gasteiger partial charge in [-0.15, -0.1) is 0 Å². The van der Waals surface area contributed by atoms with Gasteiger partial charge in [0.05, 0.1) is 0 Å². The van der Waals surface area contributed by atoms with Gasteiger partial charge in [0.15, 0.2) is 0 Å². The van der Waals surface area contributed by atoms with Crippen molar-refractivity contribution in [3.05, 3.63) is 0 Å². The van der Waals surface area contributed by atoms with Gasteiger partial charge in [0.2, 0.25) is 0 Å². The van der Waals surface area contributed by atoms with Crippen molar-refractivity contribution in [1.82, 2.24) is 0 Å². The van der Waals surface area contributed by atoms with Gasteiger partial charge in [0.25, 0.3) is 0 Å². The second kappa shape index (κ2) is 19.5. The minimum absolute atomic E-state index is 0. The second-order valence-corrected chi connectivity index (χ2v) is 3.68. The molecule has 0 atom stereocenters. The zero-order chi connectivity index (χ0) is 7.71. The van der Waals surface area contributed by atoms with Gasteiger partial charge in [-0.3, -0.25) is 0 Å². The van der Waals surface area contributed by atoms with Gasteiger partial charge in [-0.1, -0.05) is 0 Å². The van der Waals surface area contributed by atoms with Crippen LogP contribution in [0.25, 0.3) is 0 Å². The van der Waals surface area contributed by atoms with Crippen molar-refractivity contribution in [3.8, 4) is 0 Å². The summed E-state index contributed by atoms with van der Waals surface area (Å²) in [5, 5.41) is 0. The SMILES string of the molecule is O=P(O)(O)OP(=O)(O)O.[H-].[H-].[H-].[H-].[H-].[K+].[K+].[K+].[K+].[K+]. The van der Waals surface area contributed by atoms with Crippen LogP contribution in [0.15, 0.2) is 0 Å². The predicted molar refractivity (Wildman–Crippen MR) is 30.7 cm³/mol. The molecule has 0 aromatic carbocycles. The van der Waals surface area contributed by atoms with Gasteiger partial charge in [0.1, 0.15) is 0 Å². The summed E-state index contributed by atoms with van der Waals surface area (Å²) in [5.41, 5.74) is 0. The molecule has 0 unspecified atom stereocenters. The van der Waals surface area contributed by atoms with Crippen molar-refractivity contribution in [2.24, 2.45) is 0 Å². The van der Waals surface area contributed by atoms with Crippen molar-refractivity contribution in [3.63, 3.8) is 0 Å². The average Bonchev–Trinajstić information content (AvgIpc) is 1.14. The van der Waals surface area contributed by atoms with Crippen molar-refractivity contribution in [1.29, 1.82) is 0 Å². The zero-order valence-corrected chi connectivity index (χ0v) is 26.3. The minimum Gasteiger partial charge on any atom is -1.00 e. The second-order valence-electron chi connectivity index (χ2n) is 1.06. The van der Waals surface area contributed by atoms with E-state index in [1.807, 2.05) is 0 Å². The average molecular weight is 379 g/mol. The fraction of sp³-hybridized carbons (Fsp3) is 0. The van der Waals surface area contributed by atoms with Gasteiger partial charge < -0.3 is 26.7 Å². The van der Waals surface area contributed by atoms with Crippen LogP contribution in [0, 0.1) is 0 Å². The van der Waals surface area contributed by atoms with Crippen LogP contribution in [0.3, 0.4) is 0 Å². The van der Waals surface area contributed by atoms with Crippen LogP contribution in [0.4, 0.5) is 0 Å². The van der Waals surface area contributed by atoms with Crippen molar-refractivity contribution < 1.29 is 297 Å². The predicted octanol–water partition coefficient (Wildman–Crippen LogP) is -15.2. The maximum atomic E-state index is 9.63. The topological polar surface area (TPSA) is 124 Å². The van der Waals surface area contributed by atoms with Crippen molar-refractivity contribution in [2.75, 3.05) is 0 Å². The van der Waals surface area contributed by atoms with Crippen LogP contribution < -0.4 is 257 Å². The fourth-order valence-electron chi connectivity index (χ4n) is 0.139. The van der Waals surface area contributed by atoms with Crippen LogP contribution in [0.5, 0.6) is 0 Å². The smallest absolute Gasteiger partial charge is 1.00 e. The Labute approximate surface area is 302 Å². The minimum atomic E-state index is -5.05. The van der Waals surface area contributed by atoms with E-state index in [0.717, 1.165) is 0 Å². The molecule has 0 bridgehead atoms. The van der Waals surface area contributed by atoms with Gasteiger partial charge in [0, 0.05) is 0 Å². The van der Waals surface area contributed by atoms with E-state index < -0.39 is 15.6 Å². The molecule has 4 N–H and O–H groups in total. The summed E-state index contributed by atoms with van der Waals surface area (Å²) < 4.78 is 22.2. The molecule has 0 rings (SSSR count). The molecule has 0 heterocycles. The van der Waals surface area contributed by atoms with Crippen LogP contribution in [0.1, 0.15) is 7.13 Å². The van der Waals surface area contributed by atoms with Crippen molar-refractivity contribution >= 4 is 15.6 Å². The summed E-state index contributed by atoms with van der Waals surface area (Å²) in [5.74, 6) is 0. The van der Waals surface area contributed by atoms with E-state index in [2.05, 4.69) is 4.31 Å². The first-order chi connectivity index (χ1) is 3.71. The maximum Gasteiger partial charge on any atom is 1.00 e. The fourth-order valence-corrected chi connectivity index (χ4v) is 1.25. The Hall–Kier alpha value is 8.44. The standard InChI is InChI=1S/5K.H4O7P2.5H/c;;;;;1-8(2,3)7-9(4,5)6;;;;;/h;;;;;(H2,1,2,3)(H2,4,5,6);;;;;/q5*+1;;5*-1. The van der Waals surface area contributed by atoms with Crippen molar-refractivity contribution in [2.45, 2.75) is 0 Å². The third-order valence-corrected chi connectivity index (χ3v) is 1.91. The first-order valence-corrected chi connectivity index (χ1v) is 4.59. The molecule has 0 aliphatic carbocycles. The molecular formula is H9K5O7P2. The van der Waals surface area contributed by atoms with E-state index in [1.165, 1.54) is 0 Å². The molecule has 14 heavy (non-hydrogen) atoms. The number of phosphoric acid groups is 2. The molecule has 0 amide bonds. The zero-order valence-electron chi connectivity index (χ0n) is 13.9. The Balaban J connectivity index is -0.00000000711. The first kappa shape index (κ1) is 38.2. The number of hydrogen-bond acceptors (Lipinski definition) is 3. The van der Waals surface area contributed by atoms with E-state index >= 15 is 0 Å². The summed E-state index contributed by atoms with van der Waals surface area (Å²) in [6, 6.07) is 0. The van der Waals surface area contributed by atoms with E-state index in [1.54, 1.807) is 0 Å². The van der Waals surface area contributed by atoms with E-state index in [0.29, 0.717) is 0 Å². The molecule has 0 fully saturated rings. The molecule has 14 heteroatoms. The Morgan fingerprint density at radius 1 is 0.714 bits per heavy atom. The van der Waals surface area contributed by atoms with E-state index in [9.17, 15) is 9.13 Å². The molecule has 0 aliphatic heterocycles. The van der Waals surface area contributed by atoms with E-state index in [4.69, 9.17) is 19.6 Å². The van der Waals surface area contributed by atoms with Crippen LogP contribution in [-0.4, -0.2) is 19.6 Å². The molecule has 0 aromatic heterocycles. The molecule has 0 aromatic rings. The quantitative estimate of drug-likeness (QED) is 0.278. The van der Waals surface area contributed by atoms with Crippen LogP contribution in [0.2, 0.25) is 0 Å². The van der Waals surface area contributed by atoms with Gasteiger partial charge in [-0.25, -0.2) is 9.13 Å². The third-order valence-electron chi connectivity index (χ3n) is 0.213. The van der Waals surface area contributed by atoms with Crippen LogP contribution >= 0.6 is 15.6 Å². The monoisotopic (exact) mass is 378 g/mol. The normalized spacial score (nSPS) is 8.86. The molecule has 0 saturated heterocycles. The molecule has 0 aliphatic rings. The van der Waals surface area contributed by atoms with Gasteiger partial charge in [-0.2, -0.15) is 4.31 Å². The van der Waals surface area contributed by atoms with Gasteiger partial charge in [-0.05, 0) is 0 Å².